The molecule has 0 bridgehead atoms. The number of hydrogen-bond acceptors (Lipinski definition) is 2. The van der Waals surface area contributed by atoms with Crippen LogP contribution in [0.1, 0.15) is 50.1 Å². The molecule has 0 aromatic heterocycles. The highest BCUT2D eigenvalue weighted by Gasteiger charge is 2.19. The molecular formula is C14H22N2. The molecule has 88 valence electrons. The normalized spacial score (nSPS) is 19.6. The minimum Gasteiger partial charge on any atom is -0.271 e. The van der Waals surface area contributed by atoms with Gasteiger partial charge in [0.15, 0.2) is 0 Å². The van der Waals surface area contributed by atoms with Crippen LogP contribution in [0.15, 0.2) is 30.3 Å². The first-order valence-corrected chi connectivity index (χ1v) is 6.41. The summed E-state index contributed by atoms with van der Waals surface area (Å²) < 4.78 is 0. The molecule has 2 heteroatoms. The third kappa shape index (κ3) is 3.06. The Morgan fingerprint density at radius 3 is 2.44 bits per heavy atom. The van der Waals surface area contributed by atoms with Crippen LogP contribution in [0, 0.1) is 5.92 Å². The van der Waals surface area contributed by atoms with Gasteiger partial charge in [-0.2, -0.15) is 0 Å². The van der Waals surface area contributed by atoms with Crippen LogP contribution in [0.5, 0.6) is 0 Å². The van der Waals surface area contributed by atoms with Crippen LogP contribution in [-0.4, -0.2) is 0 Å². The molecule has 1 aliphatic carbocycles. The van der Waals surface area contributed by atoms with E-state index in [1.54, 1.807) is 0 Å². The van der Waals surface area contributed by atoms with Gasteiger partial charge in [-0.05, 0) is 17.9 Å². The van der Waals surface area contributed by atoms with E-state index in [0.717, 1.165) is 5.92 Å². The van der Waals surface area contributed by atoms with Gasteiger partial charge in [-0.3, -0.25) is 11.3 Å². The number of nitrogens with one attached hydrogen (secondary N) is 1. The van der Waals surface area contributed by atoms with E-state index in [2.05, 4.69) is 35.8 Å². The van der Waals surface area contributed by atoms with Crippen molar-refractivity contribution in [1.82, 2.24) is 5.43 Å². The van der Waals surface area contributed by atoms with Crippen LogP contribution in [0.25, 0.3) is 0 Å². The molecule has 1 saturated carbocycles. The Labute approximate surface area is 98.2 Å². The third-order valence-corrected chi connectivity index (χ3v) is 3.70. The van der Waals surface area contributed by atoms with Gasteiger partial charge in [0.25, 0.3) is 0 Å². The van der Waals surface area contributed by atoms with Crippen molar-refractivity contribution in [2.75, 3.05) is 0 Å². The Morgan fingerprint density at radius 1 is 1.12 bits per heavy atom. The summed E-state index contributed by atoms with van der Waals surface area (Å²) in [5, 5.41) is 0. The molecule has 0 aliphatic heterocycles. The Kier molecular flexibility index (Phi) is 4.37. The summed E-state index contributed by atoms with van der Waals surface area (Å²) in [5.74, 6) is 6.53. The SMILES string of the molecule is NNC(CC1CCCCC1)c1ccccc1. The average molecular weight is 218 g/mol. The summed E-state index contributed by atoms with van der Waals surface area (Å²) in [4.78, 5) is 0. The van der Waals surface area contributed by atoms with E-state index in [9.17, 15) is 0 Å². The lowest BCUT2D eigenvalue weighted by atomic mass is 9.83. The monoisotopic (exact) mass is 218 g/mol. The van der Waals surface area contributed by atoms with Gasteiger partial charge in [0.1, 0.15) is 0 Å². The number of rotatable bonds is 4. The number of benzene rings is 1. The number of hydrazine groups is 1. The van der Waals surface area contributed by atoms with Crippen molar-refractivity contribution in [3.8, 4) is 0 Å². The Balaban J connectivity index is 1.94. The van der Waals surface area contributed by atoms with Crippen LogP contribution in [-0.2, 0) is 0 Å². The Morgan fingerprint density at radius 2 is 1.81 bits per heavy atom. The highest BCUT2D eigenvalue weighted by atomic mass is 15.2. The molecule has 1 unspecified atom stereocenters. The van der Waals surface area contributed by atoms with Crippen molar-refractivity contribution in [1.29, 1.82) is 0 Å². The maximum absolute atomic E-state index is 5.67. The van der Waals surface area contributed by atoms with Gasteiger partial charge in [-0.25, -0.2) is 0 Å². The van der Waals surface area contributed by atoms with Gasteiger partial charge in [-0.1, -0.05) is 62.4 Å². The van der Waals surface area contributed by atoms with Crippen LogP contribution >= 0.6 is 0 Å². The van der Waals surface area contributed by atoms with Crippen LogP contribution in [0.2, 0.25) is 0 Å². The summed E-state index contributed by atoms with van der Waals surface area (Å²) in [5.41, 5.74) is 4.28. The van der Waals surface area contributed by atoms with E-state index >= 15 is 0 Å². The minimum atomic E-state index is 0.323. The van der Waals surface area contributed by atoms with Crippen LogP contribution < -0.4 is 11.3 Å². The van der Waals surface area contributed by atoms with E-state index in [-0.39, 0.29) is 0 Å². The van der Waals surface area contributed by atoms with E-state index in [0.29, 0.717) is 6.04 Å². The highest BCUT2D eigenvalue weighted by Crippen LogP contribution is 2.31. The fraction of sp³-hybridized carbons (Fsp3) is 0.571. The molecule has 1 aromatic carbocycles. The molecule has 0 saturated heterocycles. The largest absolute Gasteiger partial charge is 0.271 e. The molecule has 0 spiro atoms. The molecule has 1 fully saturated rings. The molecule has 0 heterocycles. The minimum absolute atomic E-state index is 0.323. The first kappa shape index (κ1) is 11.6. The van der Waals surface area contributed by atoms with Crippen molar-refractivity contribution in [2.45, 2.75) is 44.6 Å². The van der Waals surface area contributed by atoms with Crippen molar-refractivity contribution in [2.24, 2.45) is 11.8 Å². The van der Waals surface area contributed by atoms with E-state index in [1.807, 2.05) is 0 Å². The van der Waals surface area contributed by atoms with Gasteiger partial charge in [0, 0.05) is 6.04 Å². The van der Waals surface area contributed by atoms with E-state index < -0.39 is 0 Å². The lowest BCUT2D eigenvalue weighted by molar-refractivity contribution is 0.301. The zero-order valence-corrected chi connectivity index (χ0v) is 9.86. The van der Waals surface area contributed by atoms with Gasteiger partial charge in [0.05, 0.1) is 0 Å². The van der Waals surface area contributed by atoms with Gasteiger partial charge in [-0.15, -0.1) is 0 Å². The Hall–Kier alpha value is -0.860. The van der Waals surface area contributed by atoms with Crippen LogP contribution in [0.3, 0.4) is 0 Å². The summed E-state index contributed by atoms with van der Waals surface area (Å²) in [6, 6.07) is 10.9. The van der Waals surface area contributed by atoms with Crippen LogP contribution in [0.4, 0.5) is 0 Å². The fourth-order valence-electron chi connectivity index (χ4n) is 2.74. The number of nitrogens with two attached hydrogens (primary N) is 1. The summed E-state index contributed by atoms with van der Waals surface area (Å²) in [7, 11) is 0. The first-order valence-electron chi connectivity index (χ1n) is 6.41. The molecule has 2 nitrogen and oxygen atoms in total. The molecule has 0 radical (unpaired) electrons. The summed E-state index contributed by atoms with van der Waals surface area (Å²) in [6.45, 7) is 0. The van der Waals surface area contributed by atoms with Crippen molar-refractivity contribution < 1.29 is 0 Å². The Bertz CT molecular complexity index is 291. The summed E-state index contributed by atoms with van der Waals surface area (Å²) in [6.07, 6.45) is 8.16. The highest BCUT2D eigenvalue weighted by molar-refractivity contribution is 5.18. The van der Waals surface area contributed by atoms with Gasteiger partial charge >= 0.3 is 0 Å². The predicted molar refractivity (Wildman–Crippen MR) is 67.7 cm³/mol. The molecular weight excluding hydrogens is 196 g/mol. The standard InChI is InChI=1S/C14H22N2/c15-16-14(13-9-5-2-6-10-13)11-12-7-3-1-4-8-12/h2,5-6,9-10,12,14,16H,1,3-4,7-8,11,15H2. The topological polar surface area (TPSA) is 38.0 Å². The van der Waals surface area contributed by atoms with Crippen molar-refractivity contribution in [3.05, 3.63) is 35.9 Å². The smallest absolute Gasteiger partial charge is 0.0462 e. The maximum Gasteiger partial charge on any atom is 0.0462 e. The fourth-order valence-corrected chi connectivity index (χ4v) is 2.74. The van der Waals surface area contributed by atoms with Gasteiger partial charge in [0.2, 0.25) is 0 Å². The second kappa shape index (κ2) is 6.02. The van der Waals surface area contributed by atoms with Crippen molar-refractivity contribution >= 4 is 0 Å². The number of hydrogen-bond donors (Lipinski definition) is 2. The molecule has 16 heavy (non-hydrogen) atoms. The van der Waals surface area contributed by atoms with E-state index in [1.165, 1.54) is 44.1 Å². The third-order valence-electron chi connectivity index (χ3n) is 3.70. The first-order chi connectivity index (χ1) is 7.90. The molecule has 0 amide bonds. The maximum atomic E-state index is 5.67. The second-order valence-corrected chi connectivity index (χ2v) is 4.87. The zero-order valence-electron chi connectivity index (χ0n) is 9.86. The molecule has 1 aliphatic rings. The van der Waals surface area contributed by atoms with Crippen molar-refractivity contribution in [3.63, 3.8) is 0 Å². The lowest BCUT2D eigenvalue weighted by Crippen LogP contribution is -2.30. The lowest BCUT2D eigenvalue weighted by Gasteiger charge is -2.26. The molecule has 2 rings (SSSR count). The quantitative estimate of drug-likeness (QED) is 0.602. The molecule has 3 N–H and O–H groups in total. The molecule has 1 aromatic rings. The second-order valence-electron chi connectivity index (χ2n) is 4.87. The van der Waals surface area contributed by atoms with Gasteiger partial charge < -0.3 is 0 Å². The predicted octanol–water partition coefficient (Wildman–Crippen LogP) is 3.16. The zero-order chi connectivity index (χ0) is 11.2. The summed E-state index contributed by atoms with van der Waals surface area (Å²) >= 11 is 0. The average Bonchev–Trinajstić information content (AvgIpc) is 2.38. The van der Waals surface area contributed by atoms with E-state index in [4.69, 9.17) is 5.84 Å². The molecule has 1 atom stereocenters.